The number of nitrogens with zero attached hydrogens (tertiary/aromatic N) is 1. The Kier molecular flexibility index (Phi) is 7.78. The molecule has 1 saturated carbocycles. The summed E-state index contributed by atoms with van der Waals surface area (Å²) >= 11 is 1.27. The van der Waals surface area contributed by atoms with Gasteiger partial charge in [0.1, 0.15) is 9.88 Å². The molecule has 1 aromatic carbocycles. The number of hydrazine groups is 1. The molecule has 30 heavy (non-hydrogen) atoms. The highest BCUT2D eigenvalue weighted by atomic mass is 32.1. The van der Waals surface area contributed by atoms with Gasteiger partial charge < -0.3 is 10.6 Å². The van der Waals surface area contributed by atoms with Crippen LogP contribution >= 0.6 is 11.3 Å². The second-order valence-corrected chi connectivity index (χ2v) is 8.29. The van der Waals surface area contributed by atoms with Gasteiger partial charge in [-0.1, -0.05) is 49.6 Å². The van der Waals surface area contributed by atoms with Crippen molar-refractivity contribution in [3.8, 4) is 10.6 Å². The van der Waals surface area contributed by atoms with Crippen molar-refractivity contribution in [1.82, 2.24) is 26.5 Å². The molecule has 9 heteroatoms. The van der Waals surface area contributed by atoms with Crippen molar-refractivity contribution in [2.75, 3.05) is 6.54 Å². The lowest BCUT2D eigenvalue weighted by Crippen LogP contribution is -2.45. The number of hydrogen-bond donors (Lipinski definition) is 4. The first-order chi connectivity index (χ1) is 14.5. The van der Waals surface area contributed by atoms with Gasteiger partial charge in [-0.05, 0) is 19.8 Å². The number of rotatable bonds is 6. The van der Waals surface area contributed by atoms with Gasteiger partial charge in [-0.25, -0.2) is 9.78 Å². The molecule has 0 spiro atoms. The molecule has 1 fully saturated rings. The fourth-order valence-electron chi connectivity index (χ4n) is 3.33. The molecule has 0 unspecified atom stereocenters. The van der Waals surface area contributed by atoms with Gasteiger partial charge >= 0.3 is 6.03 Å². The van der Waals surface area contributed by atoms with Crippen LogP contribution in [-0.2, 0) is 4.79 Å². The molecular weight excluding hydrogens is 402 g/mol. The lowest BCUT2D eigenvalue weighted by molar-refractivity contribution is -0.121. The first-order valence-electron chi connectivity index (χ1n) is 10.2. The fourth-order valence-corrected chi connectivity index (χ4v) is 4.30. The summed E-state index contributed by atoms with van der Waals surface area (Å²) in [4.78, 5) is 41.1. The molecular formula is C21H27N5O3S. The van der Waals surface area contributed by atoms with Gasteiger partial charge in [-0.15, -0.1) is 11.3 Å². The van der Waals surface area contributed by atoms with Crippen LogP contribution in [0.15, 0.2) is 30.3 Å². The SMILES string of the molecule is Cc1nc(-c2ccccc2)sc1C(=O)NNC(=O)CCNC(=O)NC1CCCCC1. The average molecular weight is 430 g/mol. The molecule has 160 valence electrons. The number of aryl methyl sites for hydroxylation is 1. The van der Waals surface area contributed by atoms with Crippen LogP contribution in [0.3, 0.4) is 0 Å². The third kappa shape index (κ3) is 6.28. The molecule has 0 atom stereocenters. The zero-order valence-corrected chi connectivity index (χ0v) is 17.8. The Balaban J connectivity index is 1.39. The minimum absolute atomic E-state index is 0.0648. The van der Waals surface area contributed by atoms with Crippen LogP contribution in [0.2, 0.25) is 0 Å². The van der Waals surface area contributed by atoms with E-state index in [2.05, 4.69) is 26.5 Å². The summed E-state index contributed by atoms with van der Waals surface area (Å²) in [6.07, 6.45) is 5.57. The van der Waals surface area contributed by atoms with Crippen molar-refractivity contribution in [2.45, 2.75) is 51.5 Å². The maximum absolute atomic E-state index is 12.4. The molecule has 1 aromatic heterocycles. The van der Waals surface area contributed by atoms with Crippen molar-refractivity contribution in [1.29, 1.82) is 0 Å². The van der Waals surface area contributed by atoms with Crippen molar-refractivity contribution >= 4 is 29.2 Å². The van der Waals surface area contributed by atoms with E-state index in [0.717, 1.165) is 36.3 Å². The van der Waals surface area contributed by atoms with Gasteiger partial charge in [0.25, 0.3) is 5.91 Å². The Labute approximate surface area is 179 Å². The average Bonchev–Trinajstić information content (AvgIpc) is 3.15. The molecule has 8 nitrogen and oxygen atoms in total. The van der Waals surface area contributed by atoms with Gasteiger partial charge in [-0.2, -0.15) is 0 Å². The standard InChI is InChI=1S/C21H27N5O3S/c1-14-18(30-20(23-14)15-8-4-2-5-9-15)19(28)26-25-17(27)12-13-22-21(29)24-16-10-6-3-7-11-16/h2,4-5,8-9,16H,3,6-7,10-13H2,1H3,(H,25,27)(H,26,28)(H2,22,24,29). The fraction of sp³-hybridized carbons (Fsp3) is 0.429. The van der Waals surface area contributed by atoms with Gasteiger partial charge in [0.05, 0.1) is 5.69 Å². The van der Waals surface area contributed by atoms with E-state index in [-0.39, 0.29) is 30.9 Å². The smallest absolute Gasteiger partial charge is 0.315 e. The normalized spacial score (nSPS) is 14.0. The lowest BCUT2D eigenvalue weighted by atomic mass is 9.96. The monoisotopic (exact) mass is 429 g/mol. The predicted molar refractivity (Wildman–Crippen MR) is 116 cm³/mol. The third-order valence-electron chi connectivity index (χ3n) is 4.92. The van der Waals surface area contributed by atoms with Gasteiger partial charge in [0.15, 0.2) is 0 Å². The molecule has 4 N–H and O–H groups in total. The second kappa shape index (κ2) is 10.7. The summed E-state index contributed by atoms with van der Waals surface area (Å²) in [6.45, 7) is 1.95. The van der Waals surface area contributed by atoms with E-state index in [1.54, 1.807) is 6.92 Å². The van der Waals surface area contributed by atoms with Crippen molar-refractivity contribution in [3.63, 3.8) is 0 Å². The number of amides is 4. The molecule has 1 aliphatic carbocycles. The first-order valence-corrected chi connectivity index (χ1v) is 11.0. The summed E-state index contributed by atoms with van der Waals surface area (Å²) in [7, 11) is 0. The molecule has 0 aliphatic heterocycles. The molecule has 2 aromatic rings. The number of aromatic nitrogens is 1. The van der Waals surface area contributed by atoms with E-state index in [1.807, 2.05) is 30.3 Å². The quantitative estimate of drug-likeness (QED) is 0.529. The number of thiazole rings is 1. The zero-order chi connectivity index (χ0) is 21.3. The molecule has 4 amide bonds. The summed E-state index contributed by atoms with van der Waals surface area (Å²) in [6, 6.07) is 9.56. The van der Waals surface area contributed by atoms with Crippen molar-refractivity contribution in [2.24, 2.45) is 0 Å². The second-order valence-electron chi connectivity index (χ2n) is 7.29. The third-order valence-corrected chi connectivity index (χ3v) is 6.12. The van der Waals surface area contributed by atoms with Crippen LogP contribution in [0.5, 0.6) is 0 Å². The highest BCUT2D eigenvalue weighted by Gasteiger charge is 2.17. The number of urea groups is 1. The number of carbonyl (C=O) groups excluding carboxylic acids is 3. The van der Waals surface area contributed by atoms with E-state index < -0.39 is 5.91 Å². The summed E-state index contributed by atoms with van der Waals surface area (Å²) in [5, 5.41) is 6.36. The number of carbonyl (C=O) groups is 3. The Hall–Kier alpha value is -2.94. The van der Waals surface area contributed by atoms with Crippen molar-refractivity contribution < 1.29 is 14.4 Å². The first kappa shape index (κ1) is 21.8. The molecule has 3 rings (SSSR count). The maximum atomic E-state index is 12.4. The summed E-state index contributed by atoms with van der Waals surface area (Å²) in [5.41, 5.74) is 6.33. The Morgan fingerprint density at radius 2 is 1.80 bits per heavy atom. The minimum atomic E-state index is -0.413. The van der Waals surface area contributed by atoms with E-state index in [0.29, 0.717) is 10.6 Å². The lowest BCUT2D eigenvalue weighted by Gasteiger charge is -2.22. The predicted octanol–water partition coefficient (Wildman–Crippen LogP) is 2.90. The number of nitrogens with one attached hydrogen (secondary N) is 4. The van der Waals surface area contributed by atoms with Gasteiger partial charge in [-0.3, -0.25) is 20.4 Å². The molecule has 0 bridgehead atoms. The number of hydrogen-bond acceptors (Lipinski definition) is 5. The minimum Gasteiger partial charge on any atom is -0.338 e. The Morgan fingerprint density at radius 1 is 1.07 bits per heavy atom. The Bertz CT molecular complexity index is 878. The summed E-state index contributed by atoms with van der Waals surface area (Å²) < 4.78 is 0. The maximum Gasteiger partial charge on any atom is 0.315 e. The van der Waals surface area contributed by atoms with Crippen LogP contribution in [-0.4, -0.2) is 35.4 Å². The Morgan fingerprint density at radius 3 is 2.53 bits per heavy atom. The summed E-state index contributed by atoms with van der Waals surface area (Å²) in [5.74, 6) is -0.796. The molecule has 0 saturated heterocycles. The van der Waals surface area contributed by atoms with Gasteiger partial charge in [0.2, 0.25) is 5.91 Å². The van der Waals surface area contributed by atoms with E-state index in [9.17, 15) is 14.4 Å². The molecule has 1 aliphatic rings. The van der Waals surface area contributed by atoms with E-state index in [1.165, 1.54) is 17.8 Å². The number of benzene rings is 1. The van der Waals surface area contributed by atoms with Crippen LogP contribution < -0.4 is 21.5 Å². The highest BCUT2D eigenvalue weighted by molar-refractivity contribution is 7.17. The van der Waals surface area contributed by atoms with Crippen LogP contribution in [0.4, 0.5) is 4.79 Å². The largest absolute Gasteiger partial charge is 0.338 e. The van der Waals surface area contributed by atoms with E-state index in [4.69, 9.17) is 0 Å². The molecule has 1 heterocycles. The molecule has 0 radical (unpaired) electrons. The highest BCUT2D eigenvalue weighted by Crippen LogP contribution is 2.27. The van der Waals surface area contributed by atoms with Crippen LogP contribution in [0.25, 0.3) is 10.6 Å². The van der Waals surface area contributed by atoms with Gasteiger partial charge in [0, 0.05) is 24.6 Å². The zero-order valence-electron chi connectivity index (χ0n) is 17.0. The van der Waals surface area contributed by atoms with Crippen molar-refractivity contribution in [3.05, 3.63) is 40.9 Å². The van der Waals surface area contributed by atoms with Crippen LogP contribution in [0.1, 0.15) is 53.9 Å². The van der Waals surface area contributed by atoms with E-state index >= 15 is 0 Å². The topological polar surface area (TPSA) is 112 Å². The van der Waals surface area contributed by atoms with Crippen LogP contribution in [0, 0.1) is 6.92 Å².